The van der Waals surface area contributed by atoms with Crippen LogP contribution in [0.5, 0.6) is 34.5 Å². The Bertz CT molecular complexity index is 1110. The lowest BCUT2D eigenvalue weighted by molar-refractivity contribution is 0.392. The van der Waals surface area contributed by atoms with Crippen LogP contribution in [0.25, 0.3) is 0 Å². The minimum atomic E-state index is -0.209. The van der Waals surface area contributed by atoms with Crippen molar-refractivity contribution in [2.45, 2.75) is 31.6 Å². The van der Waals surface area contributed by atoms with Crippen molar-refractivity contribution >= 4 is 0 Å². The van der Waals surface area contributed by atoms with Crippen LogP contribution in [0.3, 0.4) is 0 Å². The van der Waals surface area contributed by atoms with Crippen molar-refractivity contribution in [2.24, 2.45) is 5.92 Å². The maximum absolute atomic E-state index is 10.1. The van der Waals surface area contributed by atoms with E-state index in [1.54, 1.807) is 30.3 Å². The van der Waals surface area contributed by atoms with Crippen molar-refractivity contribution in [1.82, 2.24) is 0 Å². The summed E-state index contributed by atoms with van der Waals surface area (Å²) in [6, 6.07) is 12.7. The molecular formula is C24H24O6. The van der Waals surface area contributed by atoms with Gasteiger partial charge in [0.2, 0.25) is 0 Å². The number of phenols is 6. The third kappa shape index (κ3) is 3.34. The lowest BCUT2D eigenvalue weighted by atomic mass is 9.79. The van der Waals surface area contributed by atoms with Crippen LogP contribution in [0, 0.1) is 5.92 Å². The molecule has 3 aromatic rings. The fraction of sp³-hybridized carbons (Fsp3) is 0.250. The van der Waals surface area contributed by atoms with Crippen molar-refractivity contribution in [3.05, 3.63) is 70.8 Å². The Kier molecular flexibility index (Phi) is 4.86. The second-order valence-corrected chi connectivity index (χ2v) is 8.01. The van der Waals surface area contributed by atoms with E-state index in [4.69, 9.17) is 0 Å². The number of hydrogen-bond acceptors (Lipinski definition) is 6. The molecule has 0 saturated heterocycles. The molecule has 0 radical (unpaired) electrons. The molecule has 0 fully saturated rings. The van der Waals surface area contributed by atoms with Gasteiger partial charge in [0.1, 0.15) is 0 Å². The van der Waals surface area contributed by atoms with E-state index in [1.807, 2.05) is 0 Å². The van der Waals surface area contributed by atoms with E-state index in [2.05, 4.69) is 6.92 Å². The van der Waals surface area contributed by atoms with Gasteiger partial charge in [0.15, 0.2) is 34.5 Å². The van der Waals surface area contributed by atoms with E-state index >= 15 is 0 Å². The van der Waals surface area contributed by atoms with Gasteiger partial charge >= 0.3 is 0 Å². The Morgan fingerprint density at radius 2 is 1.20 bits per heavy atom. The molecule has 156 valence electrons. The van der Waals surface area contributed by atoms with Crippen LogP contribution in [0.4, 0.5) is 0 Å². The molecule has 6 heteroatoms. The maximum Gasteiger partial charge on any atom is 0.157 e. The van der Waals surface area contributed by atoms with Gasteiger partial charge in [0, 0.05) is 5.92 Å². The highest BCUT2D eigenvalue weighted by Gasteiger charge is 2.39. The van der Waals surface area contributed by atoms with Gasteiger partial charge in [0.05, 0.1) is 0 Å². The van der Waals surface area contributed by atoms with E-state index < -0.39 is 0 Å². The van der Waals surface area contributed by atoms with Crippen LogP contribution in [-0.2, 0) is 6.42 Å². The summed E-state index contributed by atoms with van der Waals surface area (Å²) in [7, 11) is 0. The van der Waals surface area contributed by atoms with Gasteiger partial charge in [0.25, 0.3) is 0 Å². The van der Waals surface area contributed by atoms with Crippen molar-refractivity contribution < 1.29 is 30.6 Å². The number of rotatable bonds is 4. The monoisotopic (exact) mass is 408 g/mol. The minimum absolute atomic E-state index is 0.0677. The summed E-state index contributed by atoms with van der Waals surface area (Å²) >= 11 is 0. The maximum atomic E-state index is 10.1. The lowest BCUT2D eigenvalue weighted by Gasteiger charge is -2.24. The first-order chi connectivity index (χ1) is 14.3. The first-order valence-electron chi connectivity index (χ1n) is 9.84. The molecule has 0 amide bonds. The molecule has 3 atom stereocenters. The second-order valence-electron chi connectivity index (χ2n) is 8.01. The first kappa shape index (κ1) is 19.8. The number of hydrogen-bond donors (Lipinski definition) is 6. The predicted octanol–water partition coefficient (Wildman–Crippen LogP) is 4.42. The van der Waals surface area contributed by atoms with Crippen molar-refractivity contribution in [3.63, 3.8) is 0 Å². The highest BCUT2D eigenvalue weighted by molar-refractivity contribution is 5.55. The minimum Gasteiger partial charge on any atom is -0.504 e. The third-order valence-corrected chi connectivity index (χ3v) is 6.24. The fourth-order valence-electron chi connectivity index (χ4n) is 4.66. The molecule has 0 bridgehead atoms. The van der Waals surface area contributed by atoms with Gasteiger partial charge in [-0.25, -0.2) is 0 Å². The molecule has 3 unspecified atom stereocenters. The molecule has 4 rings (SSSR count). The van der Waals surface area contributed by atoms with E-state index in [1.165, 1.54) is 18.2 Å². The Hall–Kier alpha value is -3.54. The fourth-order valence-corrected chi connectivity index (χ4v) is 4.66. The highest BCUT2D eigenvalue weighted by Crippen LogP contribution is 2.54. The van der Waals surface area contributed by atoms with Crippen molar-refractivity contribution in [2.75, 3.05) is 0 Å². The lowest BCUT2D eigenvalue weighted by Crippen LogP contribution is -2.13. The van der Waals surface area contributed by atoms with Crippen LogP contribution >= 0.6 is 0 Å². The van der Waals surface area contributed by atoms with Crippen molar-refractivity contribution in [3.8, 4) is 34.5 Å². The van der Waals surface area contributed by atoms with Gasteiger partial charge in [-0.15, -0.1) is 0 Å². The van der Waals surface area contributed by atoms with E-state index in [9.17, 15) is 30.6 Å². The van der Waals surface area contributed by atoms with Gasteiger partial charge < -0.3 is 30.6 Å². The smallest absolute Gasteiger partial charge is 0.157 e. The Morgan fingerprint density at radius 1 is 0.633 bits per heavy atom. The Morgan fingerprint density at radius 3 is 1.83 bits per heavy atom. The zero-order valence-electron chi connectivity index (χ0n) is 16.4. The van der Waals surface area contributed by atoms with Gasteiger partial charge in [-0.1, -0.05) is 19.1 Å². The summed E-state index contributed by atoms with van der Waals surface area (Å²) in [6.45, 7) is 2.06. The average Bonchev–Trinajstić information content (AvgIpc) is 2.96. The van der Waals surface area contributed by atoms with Crippen LogP contribution in [0.15, 0.2) is 48.5 Å². The summed E-state index contributed by atoms with van der Waals surface area (Å²) in [5.41, 5.74) is 3.49. The van der Waals surface area contributed by atoms with Gasteiger partial charge in [-0.05, 0) is 83.3 Å². The Balaban J connectivity index is 1.73. The SMILES string of the molecule is CC1c2cc(O)c(O)cc2C(c2ccc(O)c(O)c2)C1CCc1ccc(O)c(O)c1. The Labute approximate surface area is 173 Å². The number of aryl methyl sites for hydroxylation is 1. The molecule has 0 aliphatic heterocycles. The standard InChI is InChI=1S/C24H24O6/c1-12-15(5-2-13-3-6-18(25)20(27)8-13)24(14-4-7-19(26)21(28)9-14)17-11-23(30)22(29)10-16(12)17/h3-4,6-12,15,24-30H,2,5H2,1H3. The predicted molar refractivity (Wildman–Crippen MR) is 111 cm³/mol. The summed E-state index contributed by atoms with van der Waals surface area (Å²) in [4.78, 5) is 0. The quantitative estimate of drug-likeness (QED) is 0.356. The number of fused-ring (bicyclic) bond motifs is 1. The van der Waals surface area contributed by atoms with Gasteiger partial charge in [-0.2, -0.15) is 0 Å². The summed E-state index contributed by atoms with van der Waals surface area (Å²) in [5, 5.41) is 59.2. The zero-order valence-corrected chi connectivity index (χ0v) is 16.4. The molecule has 6 nitrogen and oxygen atoms in total. The number of benzene rings is 3. The molecule has 3 aromatic carbocycles. The van der Waals surface area contributed by atoms with Crippen LogP contribution < -0.4 is 0 Å². The van der Waals surface area contributed by atoms with E-state index in [0.29, 0.717) is 6.42 Å². The molecule has 1 aliphatic rings. The molecule has 0 saturated carbocycles. The van der Waals surface area contributed by atoms with Crippen LogP contribution in [-0.4, -0.2) is 30.6 Å². The number of phenolic OH excluding ortho intramolecular Hbond substituents is 6. The molecule has 6 N–H and O–H groups in total. The van der Waals surface area contributed by atoms with Crippen LogP contribution in [0.1, 0.15) is 47.4 Å². The highest BCUT2D eigenvalue weighted by atomic mass is 16.3. The normalized spacial score (nSPS) is 20.2. The summed E-state index contributed by atoms with van der Waals surface area (Å²) in [6.07, 6.45) is 1.38. The largest absolute Gasteiger partial charge is 0.504 e. The number of aromatic hydroxyl groups is 6. The molecule has 30 heavy (non-hydrogen) atoms. The third-order valence-electron chi connectivity index (χ3n) is 6.24. The van der Waals surface area contributed by atoms with E-state index in [0.717, 1.165) is 28.7 Å². The van der Waals surface area contributed by atoms with Crippen LogP contribution in [0.2, 0.25) is 0 Å². The molecule has 0 aromatic heterocycles. The van der Waals surface area contributed by atoms with Crippen molar-refractivity contribution in [1.29, 1.82) is 0 Å². The topological polar surface area (TPSA) is 121 Å². The molecule has 0 heterocycles. The molecule has 1 aliphatic carbocycles. The molecule has 0 spiro atoms. The summed E-state index contributed by atoms with van der Waals surface area (Å²) in [5.74, 6) is -1.10. The average molecular weight is 408 g/mol. The zero-order chi connectivity index (χ0) is 21.6. The van der Waals surface area contributed by atoms with E-state index in [-0.39, 0.29) is 52.3 Å². The van der Waals surface area contributed by atoms with Gasteiger partial charge in [-0.3, -0.25) is 0 Å². The summed E-state index contributed by atoms with van der Waals surface area (Å²) < 4.78 is 0. The molecular weight excluding hydrogens is 384 g/mol. The second kappa shape index (κ2) is 7.37. The first-order valence-corrected chi connectivity index (χ1v) is 9.84.